The van der Waals surface area contributed by atoms with Gasteiger partial charge in [0.2, 0.25) is 9.84 Å². The first-order valence-corrected chi connectivity index (χ1v) is 11.6. The minimum atomic E-state index is -4.59. The van der Waals surface area contributed by atoms with Crippen LogP contribution in [0.25, 0.3) is 27.9 Å². The molecule has 0 saturated heterocycles. The summed E-state index contributed by atoms with van der Waals surface area (Å²) in [5.41, 5.74) is 7.23. The van der Waals surface area contributed by atoms with Crippen LogP contribution in [0.1, 0.15) is 11.1 Å². The fraction of sp³-hybridized carbons (Fsp3) is 0.0833. The van der Waals surface area contributed by atoms with E-state index in [-0.39, 0.29) is 32.5 Å². The summed E-state index contributed by atoms with van der Waals surface area (Å²) in [6, 6.07) is 17.5. The minimum absolute atomic E-state index is 0.0112. The number of para-hydroxylation sites is 2. The van der Waals surface area contributed by atoms with Crippen molar-refractivity contribution in [3.05, 3.63) is 83.9 Å². The molecule has 0 radical (unpaired) electrons. The summed E-state index contributed by atoms with van der Waals surface area (Å²) in [7, 11) is -4.18. The van der Waals surface area contributed by atoms with Gasteiger partial charge >= 0.3 is 6.18 Å². The summed E-state index contributed by atoms with van der Waals surface area (Å²) < 4.78 is 68.7. The number of aryl methyl sites for hydroxylation is 1. The van der Waals surface area contributed by atoms with Crippen LogP contribution in [0, 0.1) is 6.92 Å². The maximum Gasteiger partial charge on any atom is 0.416 e. The van der Waals surface area contributed by atoms with Crippen LogP contribution in [0.5, 0.6) is 0 Å². The molecule has 0 aliphatic rings. The molecule has 0 bridgehead atoms. The third kappa shape index (κ3) is 3.47. The summed E-state index contributed by atoms with van der Waals surface area (Å²) in [4.78, 5) is 8.71. The van der Waals surface area contributed by atoms with E-state index in [4.69, 9.17) is 5.73 Å². The highest BCUT2D eigenvalue weighted by molar-refractivity contribution is 7.92. The maximum atomic E-state index is 13.6. The van der Waals surface area contributed by atoms with Crippen molar-refractivity contribution in [2.75, 3.05) is 5.73 Å². The second-order valence-corrected chi connectivity index (χ2v) is 9.69. The Hall–Kier alpha value is -3.92. The zero-order chi connectivity index (χ0) is 24.3. The number of anilines is 1. The van der Waals surface area contributed by atoms with E-state index in [1.807, 2.05) is 6.92 Å². The predicted octanol–water partition coefficient (Wildman–Crippen LogP) is 5.32. The third-order valence-electron chi connectivity index (χ3n) is 5.48. The Morgan fingerprint density at radius 1 is 0.882 bits per heavy atom. The zero-order valence-corrected chi connectivity index (χ0v) is 18.5. The second-order valence-electron chi connectivity index (χ2n) is 7.80. The number of nitrogen functional groups attached to an aromatic ring is 1. The highest BCUT2D eigenvalue weighted by Crippen LogP contribution is 2.38. The number of nitrogens with two attached hydrogens (primary N) is 1. The first-order valence-electron chi connectivity index (χ1n) is 10.1. The van der Waals surface area contributed by atoms with E-state index in [0.29, 0.717) is 11.0 Å². The first kappa shape index (κ1) is 21.9. The van der Waals surface area contributed by atoms with Crippen LogP contribution in [0.2, 0.25) is 0 Å². The van der Waals surface area contributed by atoms with Gasteiger partial charge in [-0.1, -0.05) is 35.9 Å². The van der Waals surface area contributed by atoms with E-state index in [1.54, 1.807) is 36.4 Å². The normalized spacial score (nSPS) is 12.5. The molecule has 34 heavy (non-hydrogen) atoms. The van der Waals surface area contributed by atoms with Gasteiger partial charge in [-0.3, -0.25) is 4.57 Å². The van der Waals surface area contributed by atoms with Crippen LogP contribution < -0.4 is 5.73 Å². The number of hydrogen-bond acceptors (Lipinski definition) is 5. The van der Waals surface area contributed by atoms with Gasteiger partial charge in [0.25, 0.3) is 0 Å². The van der Waals surface area contributed by atoms with E-state index >= 15 is 0 Å². The minimum Gasteiger partial charge on any atom is -0.384 e. The molecule has 0 unspecified atom stereocenters. The highest BCUT2D eigenvalue weighted by Gasteiger charge is 2.33. The number of fused-ring (bicyclic) bond motifs is 2. The summed E-state index contributed by atoms with van der Waals surface area (Å²) >= 11 is 0. The van der Waals surface area contributed by atoms with Gasteiger partial charge < -0.3 is 5.73 Å². The average Bonchev–Trinajstić information content (AvgIpc) is 3.08. The number of alkyl halides is 3. The van der Waals surface area contributed by atoms with Crippen molar-refractivity contribution in [2.45, 2.75) is 22.9 Å². The monoisotopic (exact) mass is 482 g/mol. The second kappa shape index (κ2) is 7.56. The maximum absolute atomic E-state index is 13.6. The predicted molar refractivity (Wildman–Crippen MR) is 122 cm³/mol. The van der Waals surface area contributed by atoms with Crippen molar-refractivity contribution in [3.8, 4) is 5.69 Å². The molecule has 2 aromatic heterocycles. The molecule has 5 rings (SSSR count). The molecule has 2 heterocycles. The Morgan fingerprint density at radius 3 is 2.18 bits per heavy atom. The standard InChI is InChI=1S/C24H17F3N4O2S/c1-14-9-11-17(12-10-14)34(32,33)21-20-23(30-19-8-3-2-7-18(19)29-20)31(22(21)28)16-6-4-5-15(13-16)24(25,26)27/h2-13H,28H2,1H3. The van der Waals surface area contributed by atoms with Gasteiger partial charge in [-0.05, 0) is 49.4 Å². The van der Waals surface area contributed by atoms with Gasteiger partial charge in [-0.15, -0.1) is 0 Å². The highest BCUT2D eigenvalue weighted by atomic mass is 32.2. The molecular formula is C24H17F3N4O2S. The fourth-order valence-electron chi connectivity index (χ4n) is 3.82. The topological polar surface area (TPSA) is 90.9 Å². The molecule has 3 aromatic carbocycles. The largest absolute Gasteiger partial charge is 0.416 e. The summed E-state index contributed by atoms with van der Waals surface area (Å²) in [6.45, 7) is 1.82. The molecule has 0 spiro atoms. The van der Waals surface area contributed by atoms with E-state index < -0.39 is 21.6 Å². The molecule has 0 saturated carbocycles. The van der Waals surface area contributed by atoms with E-state index in [0.717, 1.165) is 17.7 Å². The van der Waals surface area contributed by atoms with Crippen molar-refractivity contribution in [2.24, 2.45) is 0 Å². The molecule has 0 atom stereocenters. The molecule has 10 heteroatoms. The van der Waals surface area contributed by atoms with Gasteiger partial charge in [-0.2, -0.15) is 13.2 Å². The van der Waals surface area contributed by atoms with Crippen LogP contribution in [0.15, 0.2) is 82.6 Å². The van der Waals surface area contributed by atoms with Gasteiger partial charge in [-0.25, -0.2) is 18.4 Å². The average molecular weight is 482 g/mol. The summed E-state index contributed by atoms with van der Waals surface area (Å²) in [5.74, 6) is -0.273. The number of rotatable bonds is 3. The Balaban J connectivity index is 1.88. The van der Waals surface area contributed by atoms with E-state index in [2.05, 4.69) is 9.97 Å². The summed E-state index contributed by atoms with van der Waals surface area (Å²) in [5, 5.41) is 0. The van der Waals surface area contributed by atoms with Crippen LogP contribution in [-0.4, -0.2) is 23.0 Å². The quantitative estimate of drug-likeness (QED) is 0.376. The smallest absolute Gasteiger partial charge is 0.384 e. The van der Waals surface area contributed by atoms with Crippen molar-refractivity contribution in [1.82, 2.24) is 14.5 Å². The molecule has 6 nitrogen and oxygen atoms in total. The van der Waals surface area contributed by atoms with Gasteiger partial charge in [0, 0.05) is 5.69 Å². The lowest BCUT2D eigenvalue weighted by Gasteiger charge is -2.12. The third-order valence-corrected chi connectivity index (χ3v) is 7.32. The zero-order valence-electron chi connectivity index (χ0n) is 17.7. The van der Waals surface area contributed by atoms with Crippen LogP contribution in [0.3, 0.4) is 0 Å². The van der Waals surface area contributed by atoms with Crippen LogP contribution in [-0.2, 0) is 16.0 Å². The number of sulfone groups is 1. The number of aromatic nitrogens is 3. The Kier molecular flexibility index (Phi) is 4.87. The lowest BCUT2D eigenvalue weighted by atomic mass is 10.2. The number of nitrogens with zero attached hydrogens (tertiary/aromatic N) is 3. The van der Waals surface area contributed by atoms with E-state index in [9.17, 15) is 21.6 Å². The van der Waals surface area contributed by atoms with Crippen molar-refractivity contribution >= 4 is 37.9 Å². The van der Waals surface area contributed by atoms with Crippen LogP contribution in [0.4, 0.5) is 19.0 Å². The lowest BCUT2D eigenvalue weighted by molar-refractivity contribution is -0.137. The van der Waals surface area contributed by atoms with Crippen molar-refractivity contribution in [3.63, 3.8) is 0 Å². The van der Waals surface area contributed by atoms with Crippen molar-refractivity contribution in [1.29, 1.82) is 0 Å². The summed E-state index contributed by atoms with van der Waals surface area (Å²) in [6.07, 6.45) is -4.59. The van der Waals surface area contributed by atoms with Crippen LogP contribution >= 0.6 is 0 Å². The Bertz CT molecular complexity index is 1680. The molecule has 0 fully saturated rings. The molecule has 2 N–H and O–H groups in total. The van der Waals surface area contributed by atoms with E-state index in [1.165, 1.54) is 28.8 Å². The Morgan fingerprint density at radius 2 is 1.53 bits per heavy atom. The SMILES string of the molecule is Cc1ccc(S(=O)(=O)c2c(N)n(-c3cccc(C(F)(F)F)c3)c3nc4ccccc4nc23)cc1. The number of benzene rings is 3. The molecular weight excluding hydrogens is 465 g/mol. The molecule has 0 amide bonds. The molecule has 0 aliphatic heterocycles. The molecule has 5 aromatic rings. The Labute approximate surface area is 192 Å². The fourth-order valence-corrected chi connectivity index (χ4v) is 5.31. The lowest BCUT2D eigenvalue weighted by Crippen LogP contribution is -2.09. The molecule has 172 valence electrons. The molecule has 0 aliphatic carbocycles. The first-order chi connectivity index (χ1) is 16.1. The van der Waals surface area contributed by atoms with Gasteiger partial charge in [0.15, 0.2) is 5.65 Å². The van der Waals surface area contributed by atoms with Gasteiger partial charge in [0.1, 0.15) is 16.2 Å². The van der Waals surface area contributed by atoms with Crippen molar-refractivity contribution < 1.29 is 21.6 Å². The van der Waals surface area contributed by atoms with Gasteiger partial charge in [0.05, 0.1) is 21.5 Å². The number of hydrogen-bond donors (Lipinski definition) is 1. The number of halogens is 3.